The molecule has 2 rings (SSSR count). The Morgan fingerprint density at radius 1 is 0.950 bits per heavy atom. The fourth-order valence-corrected chi connectivity index (χ4v) is 2.35. The first kappa shape index (κ1) is 14.9. The van der Waals surface area contributed by atoms with Gasteiger partial charge in [0.05, 0.1) is 11.3 Å². The number of benzene rings is 2. The number of halogens is 3. The average molecular weight is 331 g/mol. The normalized spacial score (nSPS) is 10.2. The number of rotatable bonds is 3. The lowest BCUT2D eigenvalue weighted by Crippen LogP contribution is -2.17. The van der Waals surface area contributed by atoms with E-state index in [1.54, 1.807) is 30.3 Å². The van der Waals surface area contributed by atoms with E-state index in [9.17, 15) is 4.79 Å². The van der Waals surface area contributed by atoms with Gasteiger partial charge in [0.2, 0.25) is 0 Å². The van der Waals surface area contributed by atoms with Crippen LogP contribution < -0.4 is 16.6 Å². The van der Waals surface area contributed by atoms with Crippen LogP contribution in [0.4, 0.5) is 11.4 Å². The molecule has 20 heavy (non-hydrogen) atoms. The lowest BCUT2D eigenvalue weighted by atomic mass is 10.1. The Labute approximate surface area is 130 Å². The van der Waals surface area contributed by atoms with Crippen molar-refractivity contribution in [1.82, 2.24) is 0 Å². The Kier molecular flexibility index (Phi) is 4.73. The van der Waals surface area contributed by atoms with Gasteiger partial charge in [0, 0.05) is 20.8 Å². The number of carbonyl (C=O) groups excluding carboxylic acids is 1. The van der Waals surface area contributed by atoms with Crippen LogP contribution in [0.15, 0.2) is 36.4 Å². The summed E-state index contributed by atoms with van der Waals surface area (Å²) in [7, 11) is 0. The molecule has 2 aromatic carbocycles. The summed E-state index contributed by atoms with van der Waals surface area (Å²) in [5, 5.41) is 3.96. The lowest BCUT2D eigenvalue weighted by molar-refractivity contribution is 0.102. The summed E-state index contributed by atoms with van der Waals surface area (Å²) in [5.74, 6) is 4.99. The van der Waals surface area contributed by atoms with Crippen LogP contribution in [0.2, 0.25) is 15.1 Å². The third-order valence-electron chi connectivity index (χ3n) is 2.50. The Hall–Kier alpha value is -1.46. The summed E-state index contributed by atoms with van der Waals surface area (Å²) < 4.78 is 0. The zero-order valence-electron chi connectivity index (χ0n) is 10.1. The minimum absolute atomic E-state index is 0.316. The molecule has 2 aromatic rings. The van der Waals surface area contributed by atoms with Gasteiger partial charge in [-0.3, -0.25) is 10.6 Å². The van der Waals surface area contributed by atoms with Crippen molar-refractivity contribution in [3.8, 4) is 0 Å². The molecule has 0 saturated carbocycles. The number of nitrogens with one attached hydrogen (secondary N) is 2. The van der Waals surface area contributed by atoms with E-state index < -0.39 is 0 Å². The largest absolute Gasteiger partial charge is 0.323 e. The van der Waals surface area contributed by atoms with Crippen molar-refractivity contribution in [2.45, 2.75) is 0 Å². The van der Waals surface area contributed by atoms with Gasteiger partial charge in [0.15, 0.2) is 0 Å². The second kappa shape index (κ2) is 6.33. The number of nitrogen functional groups attached to an aromatic ring is 1. The van der Waals surface area contributed by atoms with Gasteiger partial charge in [0.1, 0.15) is 0 Å². The van der Waals surface area contributed by atoms with Crippen LogP contribution in [0.3, 0.4) is 0 Å². The minimum atomic E-state index is -0.376. The molecule has 104 valence electrons. The van der Waals surface area contributed by atoms with Crippen LogP contribution in [-0.4, -0.2) is 5.91 Å². The molecule has 7 heteroatoms. The maximum atomic E-state index is 12.2. The van der Waals surface area contributed by atoms with Crippen molar-refractivity contribution in [2.24, 2.45) is 5.84 Å². The first-order valence-electron chi connectivity index (χ1n) is 5.53. The number of nitrogens with two attached hydrogens (primary N) is 1. The van der Waals surface area contributed by atoms with Gasteiger partial charge in [0.25, 0.3) is 5.91 Å². The van der Waals surface area contributed by atoms with E-state index in [-0.39, 0.29) is 5.91 Å². The molecule has 1 amide bonds. The second-order valence-electron chi connectivity index (χ2n) is 3.95. The maximum Gasteiger partial charge on any atom is 0.257 e. The van der Waals surface area contributed by atoms with Crippen LogP contribution in [0.25, 0.3) is 0 Å². The molecule has 0 aliphatic heterocycles. The van der Waals surface area contributed by atoms with Crippen LogP contribution in [0.1, 0.15) is 10.4 Å². The van der Waals surface area contributed by atoms with E-state index in [1.807, 2.05) is 0 Å². The maximum absolute atomic E-state index is 12.2. The van der Waals surface area contributed by atoms with Gasteiger partial charge in [-0.1, -0.05) is 34.8 Å². The second-order valence-corrected chi connectivity index (χ2v) is 5.26. The standard InChI is InChI=1S/C13H10Cl3N3O/c14-7-1-2-12(19-17)11(6-7)13(20)18-10-4-8(15)3-9(16)5-10/h1-6,19H,17H2,(H,18,20). The first-order chi connectivity index (χ1) is 9.49. The third kappa shape index (κ3) is 3.55. The average Bonchev–Trinajstić information content (AvgIpc) is 2.37. The molecule has 4 N–H and O–H groups in total. The Balaban J connectivity index is 2.30. The molecule has 0 heterocycles. The van der Waals surface area contributed by atoms with E-state index in [2.05, 4.69) is 10.7 Å². The highest BCUT2D eigenvalue weighted by Crippen LogP contribution is 2.25. The Morgan fingerprint density at radius 2 is 1.60 bits per heavy atom. The SMILES string of the molecule is NNc1ccc(Cl)cc1C(=O)Nc1cc(Cl)cc(Cl)c1. The number of amides is 1. The third-order valence-corrected chi connectivity index (χ3v) is 3.17. The molecule has 0 radical (unpaired) electrons. The molecule has 0 aliphatic carbocycles. The zero-order chi connectivity index (χ0) is 14.7. The van der Waals surface area contributed by atoms with Crippen molar-refractivity contribution in [2.75, 3.05) is 10.7 Å². The molecule has 4 nitrogen and oxygen atoms in total. The lowest BCUT2D eigenvalue weighted by Gasteiger charge is -2.10. The molecule has 0 fully saturated rings. The van der Waals surface area contributed by atoms with Crippen LogP contribution in [-0.2, 0) is 0 Å². The fourth-order valence-electron chi connectivity index (χ4n) is 1.65. The zero-order valence-corrected chi connectivity index (χ0v) is 12.4. The summed E-state index contributed by atoms with van der Waals surface area (Å²) in [5.41, 5.74) is 3.70. The summed E-state index contributed by atoms with van der Waals surface area (Å²) in [4.78, 5) is 12.2. The van der Waals surface area contributed by atoms with Crippen molar-refractivity contribution >= 4 is 52.1 Å². The van der Waals surface area contributed by atoms with E-state index in [0.29, 0.717) is 32.0 Å². The molecule has 0 aliphatic rings. The molecule has 0 spiro atoms. The van der Waals surface area contributed by atoms with Crippen molar-refractivity contribution in [1.29, 1.82) is 0 Å². The highest BCUT2D eigenvalue weighted by Gasteiger charge is 2.12. The summed E-state index contributed by atoms with van der Waals surface area (Å²) in [6, 6.07) is 9.51. The molecule has 0 aromatic heterocycles. The monoisotopic (exact) mass is 329 g/mol. The summed E-state index contributed by atoms with van der Waals surface area (Å²) in [6.45, 7) is 0. The van der Waals surface area contributed by atoms with E-state index >= 15 is 0 Å². The molecular weight excluding hydrogens is 321 g/mol. The molecule has 0 unspecified atom stereocenters. The predicted molar refractivity (Wildman–Crippen MR) is 83.7 cm³/mol. The first-order valence-corrected chi connectivity index (χ1v) is 6.66. The Morgan fingerprint density at radius 3 is 2.20 bits per heavy atom. The van der Waals surface area contributed by atoms with Gasteiger partial charge in [-0.15, -0.1) is 0 Å². The number of anilines is 2. The Bertz CT molecular complexity index is 641. The molecular formula is C13H10Cl3N3O. The van der Waals surface area contributed by atoms with Crippen molar-refractivity contribution < 1.29 is 4.79 Å². The van der Waals surface area contributed by atoms with Crippen molar-refractivity contribution in [3.63, 3.8) is 0 Å². The topological polar surface area (TPSA) is 67.1 Å². The highest BCUT2D eigenvalue weighted by molar-refractivity contribution is 6.35. The molecule has 0 atom stereocenters. The van der Waals surface area contributed by atoms with Crippen LogP contribution in [0, 0.1) is 0 Å². The van der Waals surface area contributed by atoms with Crippen LogP contribution >= 0.6 is 34.8 Å². The molecule has 0 bridgehead atoms. The van der Waals surface area contributed by atoms with Gasteiger partial charge in [-0.25, -0.2) is 0 Å². The molecule has 0 saturated heterocycles. The quantitative estimate of drug-likeness (QED) is 0.584. The van der Waals surface area contributed by atoms with Gasteiger partial charge in [-0.05, 0) is 36.4 Å². The summed E-state index contributed by atoms with van der Waals surface area (Å²) in [6.07, 6.45) is 0. The van der Waals surface area contributed by atoms with Gasteiger partial charge >= 0.3 is 0 Å². The van der Waals surface area contributed by atoms with Crippen molar-refractivity contribution in [3.05, 3.63) is 57.0 Å². The predicted octanol–water partition coefficient (Wildman–Crippen LogP) is 4.18. The smallest absolute Gasteiger partial charge is 0.257 e. The number of carbonyl (C=O) groups is 1. The highest BCUT2D eigenvalue weighted by atomic mass is 35.5. The fraction of sp³-hybridized carbons (Fsp3) is 0. The van der Waals surface area contributed by atoms with E-state index in [1.165, 1.54) is 6.07 Å². The number of hydrogen-bond donors (Lipinski definition) is 3. The van der Waals surface area contributed by atoms with E-state index in [0.717, 1.165) is 0 Å². The van der Waals surface area contributed by atoms with Gasteiger partial charge < -0.3 is 10.7 Å². The number of hydrazine groups is 1. The van der Waals surface area contributed by atoms with Gasteiger partial charge in [-0.2, -0.15) is 0 Å². The minimum Gasteiger partial charge on any atom is -0.323 e. The van der Waals surface area contributed by atoms with E-state index in [4.69, 9.17) is 40.6 Å². The summed E-state index contributed by atoms with van der Waals surface area (Å²) >= 11 is 17.6. The number of hydrogen-bond acceptors (Lipinski definition) is 3. The van der Waals surface area contributed by atoms with Crippen LogP contribution in [0.5, 0.6) is 0 Å².